The summed E-state index contributed by atoms with van der Waals surface area (Å²) in [5, 5.41) is 2.44. The van der Waals surface area contributed by atoms with Crippen LogP contribution in [0.25, 0.3) is 77.9 Å². The summed E-state index contributed by atoms with van der Waals surface area (Å²) >= 11 is 0. The van der Waals surface area contributed by atoms with Crippen molar-refractivity contribution in [3.05, 3.63) is 285 Å². The highest BCUT2D eigenvalue weighted by Crippen LogP contribution is 2.48. The number of rotatable bonds is 8. The minimum Gasteiger partial charge on any atom is -0.311 e. The lowest BCUT2D eigenvalue weighted by atomic mass is 9.33. The van der Waals surface area contributed by atoms with Gasteiger partial charge in [-0.25, -0.2) is 0 Å². The van der Waals surface area contributed by atoms with Crippen LogP contribution in [0.1, 0.15) is 0 Å². The Labute approximate surface area is 437 Å². The van der Waals surface area contributed by atoms with Gasteiger partial charge in [0.15, 0.2) is 0 Å². The van der Waals surface area contributed by atoms with Crippen molar-refractivity contribution in [3.63, 3.8) is 0 Å². The first-order valence-corrected chi connectivity index (χ1v) is 25.9. The maximum atomic E-state index is 2.51. The van der Waals surface area contributed by atoms with E-state index < -0.39 is 0 Å². The van der Waals surface area contributed by atoms with E-state index in [-0.39, 0.29) is 6.71 Å². The lowest BCUT2D eigenvalue weighted by Gasteiger charge is -2.44. The zero-order chi connectivity index (χ0) is 49.4. The molecule has 0 radical (unpaired) electrons. The third kappa shape index (κ3) is 6.71. The lowest BCUT2D eigenvalue weighted by Crippen LogP contribution is -2.61. The van der Waals surface area contributed by atoms with Crippen LogP contribution in [0.15, 0.2) is 285 Å². The van der Waals surface area contributed by atoms with Crippen LogP contribution in [0.5, 0.6) is 0 Å². The van der Waals surface area contributed by atoms with Crippen LogP contribution < -0.4 is 26.2 Å². The van der Waals surface area contributed by atoms with Gasteiger partial charge in [-0.05, 0) is 111 Å². The van der Waals surface area contributed by atoms with Crippen molar-refractivity contribution in [2.45, 2.75) is 0 Å². The second-order valence-corrected chi connectivity index (χ2v) is 19.6. The van der Waals surface area contributed by atoms with Gasteiger partial charge in [0.2, 0.25) is 0 Å². The fourth-order valence-corrected chi connectivity index (χ4v) is 12.4. The van der Waals surface area contributed by atoms with E-state index in [1.54, 1.807) is 0 Å². The molecule has 0 amide bonds. The van der Waals surface area contributed by atoms with Crippen molar-refractivity contribution in [2.24, 2.45) is 0 Å². The Balaban J connectivity index is 1.00. The van der Waals surface area contributed by atoms with Gasteiger partial charge >= 0.3 is 0 Å². The van der Waals surface area contributed by atoms with E-state index in [0.29, 0.717) is 0 Å². The van der Waals surface area contributed by atoms with Gasteiger partial charge in [0.1, 0.15) is 0 Å². The molecule has 2 aliphatic rings. The van der Waals surface area contributed by atoms with Crippen LogP contribution in [0.4, 0.5) is 34.1 Å². The number of hydrogen-bond acceptors (Lipinski definition) is 2. The van der Waals surface area contributed by atoms with E-state index in [9.17, 15) is 0 Å². The molecule has 2 aromatic heterocycles. The van der Waals surface area contributed by atoms with Crippen molar-refractivity contribution in [1.29, 1.82) is 0 Å². The zero-order valence-electron chi connectivity index (χ0n) is 41.0. The van der Waals surface area contributed by atoms with Crippen molar-refractivity contribution in [3.8, 4) is 56.1 Å². The molecular formula is C70H47BN4. The molecule has 13 aromatic rings. The summed E-state index contributed by atoms with van der Waals surface area (Å²) in [6.45, 7) is -0.0750. The molecule has 0 unspecified atom stereocenters. The van der Waals surface area contributed by atoms with Gasteiger partial charge in [0.25, 0.3) is 6.71 Å². The predicted molar refractivity (Wildman–Crippen MR) is 316 cm³/mol. The van der Waals surface area contributed by atoms with E-state index in [0.717, 1.165) is 45.2 Å². The smallest absolute Gasteiger partial charge is 0.252 e. The van der Waals surface area contributed by atoms with Gasteiger partial charge in [0, 0.05) is 67.4 Å². The third-order valence-corrected chi connectivity index (χ3v) is 15.5. The van der Waals surface area contributed by atoms with Gasteiger partial charge in [-0.15, -0.1) is 0 Å². The van der Waals surface area contributed by atoms with E-state index in [4.69, 9.17) is 0 Å². The number of fused-ring (bicyclic) bond motifs is 6. The highest BCUT2D eigenvalue weighted by Gasteiger charge is 2.43. The second kappa shape index (κ2) is 17.4. The van der Waals surface area contributed by atoms with Gasteiger partial charge in [0.05, 0.1) is 22.4 Å². The van der Waals surface area contributed by atoms with Gasteiger partial charge in [-0.2, -0.15) is 0 Å². The van der Waals surface area contributed by atoms with Crippen LogP contribution in [-0.2, 0) is 0 Å². The summed E-state index contributed by atoms with van der Waals surface area (Å²) in [6.07, 6.45) is 0. The standard InChI is InChI=1S/C70H47BN4/c1-7-24-48(25-8-1)66-56-36-19-21-38-60(56)74(69(66)50-28-11-3-12-29-50)54-42-44-58-64(46-54)72(52-32-15-5-16-33-52)62-40-23-41-63-68(62)71(58)59-45-43-55(47-65(59)73(63)53-34-17-6-18-35-53)75-61-39-22-20-37-57(61)67(49-26-9-2-10-27-49)70(75)51-30-13-4-14-31-51/h1-47H. The number of hydrogen-bond donors (Lipinski definition) is 0. The number of aromatic nitrogens is 2. The van der Waals surface area contributed by atoms with Crippen LogP contribution in [0.2, 0.25) is 0 Å². The highest BCUT2D eigenvalue weighted by atomic mass is 15.2. The summed E-state index contributed by atoms with van der Waals surface area (Å²) in [5.41, 5.74) is 24.7. The second-order valence-electron chi connectivity index (χ2n) is 19.6. The van der Waals surface area contributed by atoms with Gasteiger partial charge in [-0.3, -0.25) is 0 Å². The zero-order valence-corrected chi connectivity index (χ0v) is 41.0. The molecule has 15 rings (SSSR count). The Kier molecular flexibility index (Phi) is 9.95. The van der Waals surface area contributed by atoms with Crippen molar-refractivity contribution >= 4 is 79.0 Å². The van der Waals surface area contributed by atoms with Crippen LogP contribution in [0.3, 0.4) is 0 Å². The fraction of sp³-hybridized carbons (Fsp3) is 0. The van der Waals surface area contributed by atoms with Crippen LogP contribution >= 0.6 is 0 Å². The number of anilines is 6. The molecule has 0 saturated carbocycles. The Hall–Kier alpha value is -9.84. The summed E-state index contributed by atoms with van der Waals surface area (Å²) in [6, 6.07) is 105. The summed E-state index contributed by atoms with van der Waals surface area (Å²) < 4.78 is 4.99. The Morgan fingerprint density at radius 3 is 1.00 bits per heavy atom. The maximum Gasteiger partial charge on any atom is 0.252 e. The van der Waals surface area contributed by atoms with Gasteiger partial charge < -0.3 is 18.9 Å². The molecule has 0 atom stereocenters. The topological polar surface area (TPSA) is 16.3 Å². The molecule has 11 aromatic carbocycles. The van der Waals surface area contributed by atoms with E-state index in [2.05, 4.69) is 304 Å². The Bertz CT molecular complexity index is 4010. The first-order chi connectivity index (χ1) is 37.3. The molecule has 0 N–H and O–H groups in total. The largest absolute Gasteiger partial charge is 0.311 e. The molecule has 75 heavy (non-hydrogen) atoms. The SMILES string of the molecule is c1ccc(-c2c(-c3ccccc3)n(-c3ccc4c(c3)N(c3ccccc3)c3cccc5c3B4c3ccc(-n4c(-c6ccccc6)c(-c6ccccc6)c6ccccc64)cc3N5c3ccccc3)c3ccccc23)cc1. The first-order valence-electron chi connectivity index (χ1n) is 25.9. The van der Waals surface area contributed by atoms with Crippen molar-refractivity contribution in [2.75, 3.05) is 9.80 Å². The maximum absolute atomic E-state index is 2.51. The first kappa shape index (κ1) is 42.8. The van der Waals surface area contributed by atoms with Crippen molar-refractivity contribution < 1.29 is 0 Å². The summed E-state index contributed by atoms with van der Waals surface area (Å²) in [7, 11) is 0. The number of nitrogens with zero attached hydrogens (tertiary/aromatic N) is 4. The lowest BCUT2D eigenvalue weighted by molar-refractivity contribution is 1.13. The highest BCUT2D eigenvalue weighted by molar-refractivity contribution is 7.00. The van der Waals surface area contributed by atoms with E-state index >= 15 is 0 Å². The Morgan fingerprint density at radius 2 is 0.600 bits per heavy atom. The molecule has 4 nitrogen and oxygen atoms in total. The minimum atomic E-state index is -0.0750. The molecule has 350 valence electrons. The van der Waals surface area contributed by atoms with Crippen LogP contribution in [0, 0.1) is 0 Å². The average molecular weight is 955 g/mol. The molecule has 4 heterocycles. The quantitative estimate of drug-likeness (QED) is 0.141. The fourth-order valence-electron chi connectivity index (χ4n) is 12.4. The molecule has 2 aliphatic heterocycles. The average Bonchev–Trinajstić information content (AvgIpc) is 4.07. The molecule has 0 bridgehead atoms. The monoisotopic (exact) mass is 954 g/mol. The summed E-state index contributed by atoms with van der Waals surface area (Å²) in [5.74, 6) is 0. The van der Waals surface area contributed by atoms with E-state index in [1.165, 1.54) is 83.3 Å². The molecule has 0 saturated heterocycles. The molecular weight excluding hydrogens is 908 g/mol. The molecule has 0 fully saturated rings. The third-order valence-electron chi connectivity index (χ3n) is 15.5. The Morgan fingerprint density at radius 1 is 0.253 bits per heavy atom. The summed E-state index contributed by atoms with van der Waals surface area (Å²) in [4.78, 5) is 5.01. The molecule has 0 aliphatic carbocycles. The number of benzene rings is 11. The van der Waals surface area contributed by atoms with Crippen molar-refractivity contribution in [1.82, 2.24) is 9.13 Å². The number of para-hydroxylation sites is 4. The van der Waals surface area contributed by atoms with E-state index in [1.807, 2.05) is 0 Å². The minimum absolute atomic E-state index is 0.0750. The van der Waals surface area contributed by atoms with Gasteiger partial charge in [-0.1, -0.05) is 212 Å². The normalized spacial score (nSPS) is 12.5. The molecule has 0 spiro atoms. The predicted octanol–water partition coefficient (Wildman–Crippen LogP) is 16.3. The molecule has 5 heteroatoms. The van der Waals surface area contributed by atoms with Crippen LogP contribution in [-0.4, -0.2) is 15.8 Å².